The summed E-state index contributed by atoms with van der Waals surface area (Å²) >= 11 is 0. The van der Waals surface area contributed by atoms with Gasteiger partial charge in [0.05, 0.1) is 35.8 Å². The third kappa shape index (κ3) is 6.32. The molecule has 0 N–H and O–H groups in total. The maximum atomic E-state index is 10.3. The van der Waals surface area contributed by atoms with Crippen molar-refractivity contribution in [2.24, 2.45) is 15.9 Å². The summed E-state index contributed by atoms with van der Waals surface area (Å²) in [5.74, 6) is -0.148. The van der Waals surface area contributed by atoms with E-state index in [1.54, 1.807) is 13.8 Å². The van der Waals surface area contributed by atoms with Gasteiger partial charge in [-0.1, -0.05) is 123 Å². The molecule has 6 aromatic carbocycles. The van der Waals surface area contributed by atoms with Crippen LogP contribution in [0.1, 0.15) is 36.1 Å². The average molecular weight is 636 g/mol. The molecule has 230 valence electrons. The molecule has 0 unspecified atom stereocenters. The second kappa shape index (κ2) is 14.0. The van der Waals surface area contributed by atoms with Crippen molar-refractivity contribution in [3.63, 3.8) is 0 Å². The van der Waals surface area contributed by atoms with Crippen LogP contribution in [0.5, 0.6) is 0 Å². The van der Waals surface area contributed by atoms with Gasteiger partial charge in [-0.25, -0.2) is 9.98 Å². The Hall–Kier alpha value is -4.60. The van der Waals surface area contributed by atoms with E-state index in [0.29, 0.717) is 0 Å². The molecular weight excluding hydrogens is 599 g/mol. The Morgan fingerprint density at radius 2 is 1.02 bits per heavy atom. The first-order chi connectivity index (χ1) is 20.9. The fourth-order valence-electron chi connectivity index (χ4n) is 5.70. The number of nitrogens with zero attached hydrogens (tertiary/aromatic N) is 2. The molecular formula is C40H37N2NiO2-. The Labute approximate surface area is 275 Å². The molecule has 0 radical (unpaired) electrons. The number of carbonyl (C=O) groups is 1. The molecule has 45 heavy (non-hydrogen) atoms. The van der Waals surface area contributed by atoms with E-state index in [2.05, 4.69) is 128 Å². The molecule has 0 bridgehead atoms. The van der Waals surface area contributed by atoms with Gasteiger partial charge in [0.25, 0.3) is 0 Å². The monoisotopic (exact) mass is 635 g/mol. The van der Waals surface area contributed by atoms with Gasteiger partial charge in [-0.3, -0.25) is 4.79 Å². The van der Waals surface area contributed by atoms with Crippen LogP contribution < -0.4 is 0 Å². The molecule has 4 nitrogen and oxygen atoms in total. The molecule has 0 atom stereocenters. The first-order valence-corrected chi connectivity index (χ1v) is 14.6. The van der Waals surface area contributed by atoms with E-state index in [9.17, 15) is 4.79 Å². The first kappa shape index (κ1) is 33.3. The van der Waals surface area contributed by atoms with E-state index in [1.165, 1.54) is 28.7 Å². The molecule has 0 saturated carbocycles. The van der Waals surface area contributed by atoms with Gasteiger partial charge >= 0.3 is 5.97 Å². The summed E-state index contributed by atoms with van der Waals surface area (Å²) in [6.45, 7) is 7.87. The Morgan fingerprint density at radius 3 is 1.42 bits per heavy atom. The van der Waals surface area contributed by atoms with Crippen molar-refractivity contribution >= 4 is 61.1 Å². The summed E-state index contributed by atoms with van der Waals surface area (Å²) in [5.41, 5.74) is 8.50. The second-order valence-corrected chi connectivity index (χ2v) is 11.2. The van der Waals surface area contributed by atoms with Gasteiger partial charge in [-0.2, -0.15) is 0 Å². The second-order valence-electron chi connectivity index (χ2n) is 11.2. The summed E-state index contributed by atoms with van der Waals surface area (Å²) in [4.78, 5) is 21.1. The number of benzene rings is 6. The number of rotatable bonds is 3. The quantitative estimate of drug-likeness (QED) is 0.110. The largest absolute Gasteiger partial charge is 0.469 e. The minimum Gasteiger partial charge on any atom is -0.469 e. The summed E-state index contributed by atoms with van der Waals surface area (Å²) in [6, 6.07) is 38.6. The molecule has 1 aliphatic rings. The molecule has 0 heterocycles. The van der Waals surface area contributed by atoms with Crippen LogP contribution in [-0.2, 0) is 26.0 Å². The number of fused-ring (bicyclic) bond motifs is 2. The van der Waals surface area contributed by atoms with Crippen molar-refractivity contribution in [1.29, 1.82) is 0 Å². The van der Waals surface area contributed by atoms with Crippen LogP contribution in [0.25, 0.3) is 32.3 Å². The van der Waals surface area contributed by atoms with E-state index in [4.69, 9.17) is 9.98 Å². The molecule has 0 saturated heterocycles. The number of methoxy groups -OCH3 is 1. The van der Waals surface area contributed by atoms with E-state index in [-0.39, 0.29) is 35.8 Å². The Bertz CT molecular complexity index is 1960. The molecule has 0 amide bonds. The van der Waals surface area contributed by atoms with Gasteiger partial charge in [0.1, 0.15) is 0 Å². The number of hydrogen-bond acceptors (Lipinski definition) is 4. The van der Waals surface area contributed by atoms with Gasteiger partial charge < -0.3 is 12.2 Å². The van der Waals surface area contributed by atoms with Crippen LogP contribution in [0.3, 0.4) is 0 Å². The fourth-order valence-corrected chi connectivity index (χ4v) is 5.70. The Balaban J connectivity index is 0.000000463. The zero-order valence-corrected chi connectivity index (χ0v) is 27.5. The van der Waals surface area contributed by atoms with Gasteiger partial charge in [0.2, 0.25) is 0 Å². The van der Waals surface area contributed by atoms with Gasteiger partial charge in [-0.05, 0) is 41.1 Å². The van der Waals surface area contributed by atoms with E-state index in [1.807, 2.05) is 0 Å². The van der Waals surface area contributed by atoms with Crippen molar-refractivity contribution in [1.82, 2.24) is 0 Å². The van der Waals surface area contributed by atoms with Crippen molar-refractivity contribution in [2.75, 3.05) is 7.11 Å². The number of aliphatic imine (C=N–C) groups is 2. The van der Waals surface area contributed by atoms with Crippen molar-refractivity contribution in [3.8, 4) is 0 Å². The third-order valence-electron chi connectivity index (χ3n) is 7.96. The van der Waals surface area contributed by atoms with Gasteiger partial charge in [0, 0.05) is 43.8 Å². The Kier molecular flexibility index (Phi) is 10.4. The maximum Gasteiger partial charge on any atom is 0.308 e. The van der Waals surface area contributed by atoms with Gasteiger partial charge in [0.15, 0.2) is 0 Å². The van der Waals surface area contributed by atoms with Gasteiger partial charge in [-0.15, -0.1) is 0 Å². The summed E-state index contributed by atoms with van der Waals surface area (Å²) in [5, 5.41) is 7.15. The predicted octanol–water partition coefficient (Wildman–Crippen LogP) is 10.3. The molecule has 0 spiro atoms. The summed E-state index contributed by atoms with van der Waals surface area (Å²) in [6.07, 6.45) is 0. The average Bonchev–Trinajstić information content (AvgIpc) is 3.33. The number of aryl methyl sites for hydroxylation is 2. The minimum absolute atomic E-state index is 0. The van der Waals surface area contributed by atoms with Crippen molar-refractivity contribution in [2.45, 2.75) is 27.7 Å². The van der Waals surface area contributed by atoms with Crippen LogP contribution in [0.15, 0.2) is 119 Å². The molecule has 1 aliphatic carbocycles. The molecule has 7 rings (SSSR count). The van der Waals surface area contributed by atoms with E-state index in [0.717, 1.165) is 55.8 Å². The Morgan fingerprint density at radius 1 is 0.600 bits per heavy atom. The number of hydrogen-bond donors (Lipinski definition) is 0. The zero-order valence-electron chi connectivity index (χ0n) is 26.5. The topological polar surface area (TPSA) is 51.0 Å². The number of esters is 1. The van der Waals surface area contributed by atoms with Crippen molar-refractivity contribution < 1.29 is 26.0 Å². The van der Waals surface area contributed by atoms with E-state index >= 15 is 0 Å². The number of ether oxygens (including phenoxy) is 1. The molecule has 6 aromatic rings. The molecule has 0 fully saturated rings. The van der Waals surface area contributed by atoms with Crippen LogP contribution in [0, 0.1) is 27.2 Å². The standard InChI is InChI=1S/C34H24N2.C5H10O2.CH3.Ni/c1-21-17-19-23-9-3-5-13-26(23)31(21)35-33-28-15-7-11-25-12-8-16-29(30(25)28)34(33)36-32-22(2)18-20-24-10-4-6-14-27(24)32;1-4(2)5(6)7-3;;/h3-20H,1-2H3;4H,1-3H3;1H3;/q;;-1;. The molecule has 0 aromatic heterocycles. The SMILES string of the molecule is COC(=O)C(C)C.Cc1ccc2ccccc2c1N=C1C(=Nc2c(C)ccc3ccccc23)c2cccc3cccc1c23.[CH3-].[Ni]. The zero-order chi connectivity index (χ0) is 30.1. The molecule has 5 heteroatoms. The van der Waals surface area contributed by atoms with Crippen LogP contribution >= 0.6 is 0 Å². The van der Waals surface area contributed by atoms with Crippen LogP contribution in [-0.4, -0.2) is 24.5 Å². The minimum atomic E-state index is -0.153. The predicted molar refractivity (Wildman–Crippen MR) is 187 cm³/mol. The first-order valence-electron chi connectivity index (χ1n) is 14.6. The fraction of sp³-hybridized carbons (Fsp3) is 0.150. The van der Waals surface area contributed by atoms with Crippen LogP contribution in [0.2, 0.25) is 0 Å². The number of carbonyl (C=O) groups excluding carboxylic acids is 1. The van der Waals surface area contributed by atoms with Crippen molar-refractivity contribution in [3.05, 3.63) is 139 Å². The smallest absolute Gasteiger partial charge is 0.308 e. The maximum absolute atomic E-state index is 10.3. The van der Waals surface area contributed by atoms with E-state index < -0.39 is 0 Å². The summed E-state index contributed by atoms with van der Waals surface area (Å²) < 4.78 is 4.37. The molecule has 0 aliphatic heterocycles. The summed E-state index contributed by atoms with van der Waals surface area (Å²) in [7, 11) is 1.39. The normalized spacial score (nSPS) is 13.5. The third-order valence-corrected chi connectivity index (χ3v) is 7.96. The van der Waals surface area contributed by atoms with Crippen LogP contribution in [0.4, 0.5) is 11.4 Å².